The lowest BCUT2D eigenvalue weighted by Crippen LogP contribution is -2.39. The number of rotatable bonds is 2. The predicted molar refractivity (Wildman–Crippen MR) is 86.1 cm³/mol. The lowest BCUT2D eigenvalue weighted by molar-refractivity contribution is -0.117. The van der Waals surface area contributed by atoms with E-state index in [0.717, 1.165) is 12.1 Å². The van der Waals surface area contributed by atoms with Crippen molar-refractivity contribution in [1.82, 2.24) is 4.90 Å². The quantitative estimate of drug-likeness (QED) is 0.849. The number of amides is 2. The summed E-state index contributed by atoms with van der Waals surface area (Å²) in [7, 11) is 0. The molecule has 118 valence electrons. The number of thiophene rings is 1. The van der Waals surface area contributed by atoms with Crippen molar-refractivity contribution in [3.63, 3.8) is 0 Å². The second-order valence-corrected chi connectivity index (χ2v) is 6.66. The number of carbonyl (C=O) groups excluding carboxylic acids is 2. The van der Waals surface area contributed by atoms with Gasteiger partial charge >= 0.3 is 0 Å². The number of hydrogen-bond acceptors (Lipinski definition) is 3. The molecule has 0 spiro atoms. The summed E-state index contributed by atoms with van der Waals surface area (Å²) in [5, 5.41) is 3.91. The topological polar surface area (TPSA) is 40.6 Å². The zero-order valence-corrected chi connectivity index (χ0v) is 13.1. The number of nitrogens with zero attached hydrogens (tertiary/aromatic N) is 2. The fraction of sp³-hybridized carbons (Fsp3) is 0.294. The van der Waals surface area contributed by atoms with Gasteiger partial charge in [-0.05, 0) is 42.1 Å². The minimum Gasteiger partial charge on any atom is -0.333 e. The van der Waals surface area contributed by atoms with Gasteiger partial charge in [-0.25, -0.2) is 4.39 Å². The summed E-state index contributed by atoms with van der Waals surface area (Å²) in [5.74, 6) is -0.423. The molecule has 1 aromatic carbocycles. The highest BCUT2D eigenvalue weighted by Crippen LogP contribution is 2.37. The third-order valence-electron chi connectivity index (χ3n) is 4.63. The Hall–Kier alpha value is -2.21. The van der Waals surface area contributed by atoms with E-state index in [4.69, 9.17) is 0 Å². The molecular formula is C17H15FN2O2S. The van der Waals surface area contributed by atoms with E-state index in [-0.39, 0.29) is 29.7 Å². The van der Waals surface area contributed by atoms with Crippen LogP contribution in [0.1, 0.15) is 23.2 Å². The standard InChI is InChI=1S/C17H15FN2O2S/c18-12-3-1-11(2-4-12)17(22)19-7-5-14-15(19)9-16(21)20(14)13-6-8-23-10-13/h1-4,6,8,10,14-15H,5,7,9H2/t14-,15+/m0/s1. The van der Waals surface area contributed by atoms with Gasteiger partial charge in [0, 0.05) is 23.9 Å². The molecule has 2 amide bonds. The monoisotopic (exact) mass is 330 g/mol. The first kappa shape index (κ1) is 14.4. The number of anilines is 1. The number of carbonyl (C=O) groups is 2. The normalized spacial score (nSPS) is 23.4. The first-order chi connectivity index (χ1) is 11.1. The third kappa shape index (κ3) is 2.34. The highest BCUT2D eigenvalue weighted by atomic mass is 32.1. The maximum atomic E-state index is 13.0. The van der Waals surface area contributed by atoms with E-state index in [1.807, 2.05) is 21.7 Å². The maximum absolute atomic E-state index is 13.0. The molecule has 1 aromatic heterocycles. The van der Waals surface area contributed by atoms with Crippen molar-refractivity contribution in [2.45, 2.75) is 24.9 Å². The van der Waals surface area contributed by atoms with E-state index in [2.05, 4.69) is 0 Å². The van der Waals surface area contributed by atoms with Gasteiger partial charge in [0.25, 0.3) is 5.91 Å². The molecule has 0 radical (unpaired) electrons. The highest BCUT2D eigenvalue weighted by molar-refractivity contribution is 7.08. The molecule has 2 aromatic rings. The maximum Gasteiger partial charge on any atom is 0.254 e. The number of hydrogen-bond donors (Lipinski definition) is 0. The van der Waals surface area contributed by atoms with Gasteiger partial charge < -0.3 is 9.80 Å². The van der Waals surface area contributed by atoms with Crippen molar-refractivity contribution >= 4 is 28.8 Å². The van der Waals surface area contributed by atoms with Crippen molar-refractivity contribution < 1.29 is 14.0 Å². The number of halogens is 1. The Bertz CT molecular complexity index is 744. The molecule has 2 aliphatic rings. The summed E-state index contributed by atoms with van der Waals surface area (Å²) in [4.78, 5) is 28.7. The lowest BCUT2D eigenvalue weighted by Gasteiger charge is -2.25. The summed E-state index contributed by atoms with van der Waals surface area (Å²) in [6.45, 7) is 0.624. The molecule has 23 heavy (non-hydrogen) atoms. The first-order valence-electron chi connectivity index (χ1n) is 7.56. The summed E-state index contributed by atoms with van der Waals surface area (Å²) in [6.07, 6.45) is 1.13. The van der Waals surface area contributed by atoms with Gasteiger partial charge in [0.1, 0.15) is 5.82 Å². The molecule has 0 bridgehead atoms. The van der Waals surface area contributed by atoms with Crippen LogP contribution in [0.5, 0.6) is 0 Å². The Morgan fingerprint density at radius 3 is 2.65 bits per heavy atom. The number of benzene rings is 1. The fourth-order valence-electron chi connectivity index (χ4n) is 3.59. The molecule has 6 heteroatoms. The van der Waals surface area contributed by atoms with E-state index in [1.165, 1.54) is 24.3 Å². The van der Waals surface area contributed by atoms with Gasteiger partial charge in [-0.1, -0.05) is 0 Å². The Morgan fingerprint density at radius 1 is 1.17 bits per heavy atom. The molecule has 4 nitrogen and oxygen atoms in total. The van der Waals surface area contributed by atoms with E-state index in [0.29, 0.717) is 18.5 Å². The summed E-state index contributed by atoms with van der Waals surface area (Å²) in [5.41, 5.74) is 1.39. The summed E-state index contributed by atoms with van der Waals surface area (Å²) in [6, 6.07) is 7.46. The zero-order chi connectivity index (χ0) is 16.0. The fourth-order valence-corrected chi connectivity index (χ4v) is 4.22. The van der Waals surface area contributed by atoms with Crippen LogP contribution in [0.4, 0.5) is 10.1 Å². The Balaban J connectivity index is 1.58. The van der Waals surface area contributed by atoms with E-state index < -0.39 is 0 Å². The predicted octanol–water partition coefficient (Wildman–Crippen LogP) is 2.91. The van der Waals surface area contributed by atoms with Crippen LogP contribution in [0, 0.1) is 5.82 Å². The molecule has 0 N–H and O–H groups in total. The van der Waals surface area contributed by atoms with Crippen LogP contribution in [0.25, 0.3) is 0 Å². The number of fused-ring (bicyclic) bond motifs is 1. The molecule has 4 rings (SSSR count). The van der Waals surface area contributed by atoms with Crippen LogP contribution in [-0.2, 0) is 4.79 Å². The van der Waals surface area contributed by atoms with Gasteiger partial charge in [-0.2, -0.15) is 11.3 Å². The van der Waals surface area contributed by atoms with Crippen LogP contribution >= 0.6 is 11.3 Å². The van der Waals surface area contributed by atoms with Crippen LogP contribution in [-0.4, -0.2) is 35.3 Å². The molecule has 0 saturated carbocycles. The first-order valence-corrected chi connectivity index (χ1v) is 8.50. The molecule has 2 saturated heterocycles. The van der Waals surface area contributed by atoms with Gasteiger partial charge in [-0.3, -0.25) is 9.59 Å². The summed E-state index contributed by atoms with van der Waals surface area (Å²) >= 11 is 1.56. The SMILES string of the molecule is O=C(c1ccc(F)cc1)N1CC[C@H]2[C@H]1CC(=O)N2c1ccsc1. The smallest absolute Gasteiger partial charge is 0.254 e. The van der Waals surface area contributed by atoms with Crippen LogP contribution in [0.3, 0.4) is 0 Å². The molecule has 0 aliphatic carbocycles. The van der Waals surface area contributed by atoms with Crippen molar-refractivity contribution in [3.05, 3.63) is 52.5 Å². The van der Waals surface area contributed by atoms with Gasteiger partial charge in [0.2, 0.25) is 5.91 Å². The zero-order valence-electron chi connectivity index (χ0n) is 12.3. The molecule has 0 unspecified atom stereocenters. The van der Waals surface area contributed by atoms with Crippen molar-refractivity contribution in [2.24, 2.45) is 0 Å². The number of likely N-dealkylation sites (tertiary alicyclic amines) is 1. The largest absolute Gasteiger partial charge is 0.333 e. The lowest BCUT2D eigenvalue weighted by atomic mass is 10.1. The molecule has 2 fully saturated rings. The van der Waals surface area contributed by atoms with Crippen LogP contribution < -0.4 is 4.90 Å². The Morgan fingerprint density at radius 2 is 1.96 bits per heavy atom. The molecule has 2 atom stereocenters. The van der Waals surface area contributed by atoms with Crippen molar-refractivity contribution in [2.75, 3.05) is 11.4 Å². The average Bonchev–Trinajstić information content (AvgIpc) is 3.24. The third-order valence-corrected chi connectivity index (χ3v) is 5.30. The van der Waals surface area contributed by atoms with Crippen LogP contribution in [0.2, 0.25) is 0 Å². The minimum atomic E-state index is -0.361. The van der Waals surface area contributed by atoms with Crippen molar-refractivity contribution in [3.8, 4) is 0 Å². The van der Waals surface area contributed by atoms with Gasteiger partial charge in [0.05, 0.1) is 17.8 Å². The van der Waals surface area contributed by atoms with Crippen LogP contribution in [0.15, 0.2) is 41.1 Å². The molecule has 3 heterocycles. The molecule has 2 aliphatic heterocycles. The average molecular weight is 330 g/mol. The van der Waals surface area contributed by atoms with Crippen molar-refractivity contribution in [1.29, 1.82) is 0 Å². The highest BCUT2D eigenvalue weighted by Gasteiger charge is 2.49. The Kier molecular flexibility index (Phi) is 3.41. The van der Waals surface area contributed by atoms with E-state index >= 15 is 0 Å². The van der Waals surface area contributed by atoms with Gasteiger partial charge in [-0.15, -0.1) is 0 Å². The Labute approximate surface area is 137 Å². The molecular weight excluding hydrogens is 315 g/mol. The second-order valence-electron chi connectivity index (χ2n) is 5.88. The second kappa shape index (κ2) is 5.45. The minimum absolute atomic E-state index is 0.0431. The van der Waals surface area contributed by atoms with Gasteiger partial charge in [0.15, 0.2) is 0 Å². The summed E-state index contributed by atoms with van der Waals surface area (Å²) < 4.78 is 13.0. The van der Waals surface area contributed by atoms with E-state index in [9.17, 15) is 14.0 Å². The van der Waals surface area contributed by atoms with E-state index in [1.54, 1.807) is 16.2 Å².